The standard InChI is InChI=1S/C21H20N4O/c1-2-24-18-10-4-3-9-17(18)23-20(24)19-11-6-12-25(19)21(26)16-8-5-7-15(13-16)14-22/h3-5,7-10,13,19H,2,6,11-12H2,1H3/t19-/m1/s1. The van der Waals surface area contributed by atoms with Gasteiger partial charge in [-0.15, -0.1) is 0 Å². The Morgan fingerprint density at radius 1 is 1.27 bits per heavy atom. The summed E-state index contributed by atoms with van der Waals surface area (Å²) in [4.78, 5) is 19.8. The predicted octanol–water partition coefficient (Wildman–Crippen LogP) is 3.91. The van der Waals surface area contributed by atoms with Crippen molar-refractivity contribution in [3.05, 3.63) is 65.5 Å². The van der Waals surface area contributed by atoms with Crippen molar-refractivity contribution in [1.82, 2.24) is 14.5 Å². The highest BCUT2D eigenvalue weighted by Crippen LogP contribution is 2.34. The number of benzene rings is 2. The number of nitrogens with zero attached hydrogens (tertiary/aromatic N) is 4. The first kappa shape index (κ1) is 16.3. The van der Waals surface area contributed by atoms with Gasteiger partial charge in [0.05, 0.1) is 28.7 Å². The summed E-state index contributed by atoms with van der Waals surface area (Å²) in [5, 5.41) is 9.10. The molecule has 2 heterocycles. The molecule has 1 aromatic heterocycles. The molecule has 1 fully saturated rings. The third-order valence-corrected chi connectivity index (χ3v) is 5.05. The van der Waals surface area contributed by atoms with Crippen LogP contribution < -0.4 is 0 Å². The smallest absolute Gasteiger partial charge is 0.254 e. The van der Waals surface area contributed by atoms with Gasteiger partial charge in [0.2, 0.25) is 0 Å². The Hall–Kier alpha value is -3.13. The van der Waals surface area contributed by atoms with E-state index in [0.717, 1.165) is 36.2 Å². The van der Waals surface area contributed by atoms with Crippen LogP contribution in [0.15, 0.2) is 48.5 Å². The molecule has 0 N–H and O–H groups in total. The number of carbonyl (C=O) groups excluding carboxylic acids is 1. The summed E-state index contributed by atoms with van der Waals surface area (Å²) in [7, 11) is 0. The van der Waals surface area contributed by atoms with Crippen LogP contribution in [0.2, 0.25) is 0 Å². The Bertz CT molecular complexity index is 1010. The van der Waals surface area contributed by atoms with E-state index >= 15 is 0 Å². The first-order chi connectivity index (χ1) is 12.7. The van der Waals surface area contributed by atoms with Gasteiger partial charge < -0.3 is 9.47 Å². The second-order valence-electron chi connectivity index (χ2n) is 6.55. The van der Waals surface area contributed by atoms with Crippen LogP contribution in [0, 0.1) is 11.3 Å². The quantitative estimate of drug-likeness (QED) is 0.724. The second-order valence-corrected chi connectivity index (χ2v) is 6.55. The average Bonchev–Trinajstić information content (AvgIpc) is 3.31. The fourth-order valence-corrected chi connectivity index (χ4v) is 3.85. The van der Waals surface area contributed by atoms with Gasteiger partial charge in [0.1, 0.15) is 5.82 Å². The Morgan fingerprint density at radius 2 is 2.12 bits per heavy atom. The largest absolute Gasteiger partial charge is 0.328 e. The molecule has 1 saturated heterocycles. The van der Waals surface area contributed by atoms with Gasteiger partial charge in [-0.05, 0) is 50.1 Å². The van der Waals surface area contributed by atoms with E-state index in [1.54, 1.807) is 24.3 Å². The van der Waals surface area contributed by atoms with E-state index < -0.39 is 0 Å². The van der Waals surface area contributed by atoms with Crippen molar-refractivity contribution in [3.8, 4) is 6.07 Å². The minimum atomic E-state index is -0.0284. The van der Waals surface area contributed by atoms with Gasteiger partial charge >= 0.3 is 0 Å². The van der Waals surface area contributed by atoms with Crippen molar-refractivity contribution in [2.24, 2.45) is 0 Å². The molecule has 0 radical (unpaired) electrons. The van der Waals surface area contributed by atoms with Crippen LogP contribution in [-0.4, -0.2) is 26.9 Å². The van der Waals surface area contributed by atoms with Crippen molar-refractivity contribution >= 4 is 16.9 Å². The van der Waals surface area contributed by atoms with Crippen molar-refractivity contribution in [1.29, 1.82) is 5.26 Å². The number of likely N-dealkylation sites (tertiary alicyclic amines) is 1. The number of nitriles is 1. The van der Waals surface area contributed by atoms with E-state index in [1.807, 2.05) is 23.1 Å². The zero-order valence-electron chi connectivity index (χ0n) is 14.7. The molecule has 1 amide bonds. The summed E-state index contributed by atoms with van der Waals surface area (Å²) in [6.45, 7) is 3.64. The fraction of sp³-hybridized carbons (Fsp3) is 0.286. The number of para-hydroxylation sites is 2. The lowest BCUT2D eigenvalue weighted by Gasteiger charge is -2.25. The summed E-state index contributed by atoms with van der Waals surface area (Å²) in [5.41, 5.74) is 3.15. The molecule has 0 bridgehead atoms. The topological polar surface area (TPSA) is 61.9 Å². The maximum Gasteiger partial charge on any atom is 0.254 e. The molecule has 130 valence electrons. The highest BCUT2D eigenvalue weighted by atomic mass is 16.2. The average molecular weight is 344 g/mol. The first-order valence-electron chi connectivity index (χ1n) is 8.99. The molecule has 3 aromatic rings. The number of imidazole rings is 1. The molecule has 1 atom stereocenters. The first-order valence-corrected chi connectivity index (χ1v) is 8.99. The summed E-state index contributed by atoms with van der Waals surface area (Å²) >= 11 is 0. The monoisotopic (exact) mass is 344 g/mol. The van der Waals surface area contributed by atoms with Gasteiger partial charge in [0.25, 0.3) is 5.91 Å². The van der Waals surface area contributed by atoms with Gasteiger partial charge in [-0.25, -0.2) is 4.98 Å². The lowest BCUT2D eigenvalue weighted by atomic mass is 10.1. The molecular formula is C21H20N4O. The molecule has 0 spiro atoms. The highest BCUT2D eigenvalue weighted by molar-refractivity contribution is 5.95. The number of aromatic nitrogens is 2. The molecule has 1 aliphatic rings. The number of fused-ring (bicyclic) bond motifs is 1. The van der Waals surface area contributed by atoms with E-state index in [-0.39, 0.29) is 11.9 Å². The molecule has 0 aliphatic carbocycles. The maximum atomic E-state index is 13.1. The molecule has 0 unspecified atom stereocenters. The Kier molecular flexibility index (Phi) is 4.18. The lowest BCUT2D eigenvalue weighted by molar-refractivity contribution is 0.0728. The number of rotatable bonds is 3. The van der Waals surface area contributed by atoms with Crippen molar-refractivity contribution in [3.63, 3.8) is 0 Å². The Balaban J connectivity index is 1.73. The lowest BCUT2D eigenvalue weighted by Crippen LogP contribution is -2.32. The van der Waals surface area contributed by atoms with Crippen molar-refractivity contribution in [2.75, 3.05) is 6.54 Å². The maximum absolute atomic E-state index is 13.1. The fourth-order valence-electron chi connectivity index (χ4n) is 3.85. The van der Waals surface area contributed by atoms with E-state index in [0.29, 0.717) is 17.7 Å². The number of hydrogen-bond donors (Lipinski definition) is 0. The number of aryl methyl sites for hydroxylation is 1. The van der Waals surface area contributed by atoms with Crippen LogP contribution in [0.25, 0.3) is 11.0 Å². The van der Waals surface area contributed by atoms with Gasteiger partial charge in [-0.3, -0.25) is 4.79 Å². The van der Waals surface area contributed by atoms with Crippen LogP contribution in [0.3, 0.4) is 0 Å². The molecule has 4 rings (SSSR count). The highest BCUT2D eigenvalue weighted by Gasteiger charge is 2.34. The minimum absolute atomic E-state index is 0.0272. The normalized spacial score (nSPS) is 16.8. The zero-order chi connectivity index (χ0) is 18.1. The van der Waals surface area contributed by atoms with E-state index in [4.69, 9.17) is 10.2 Å². The third kappa shape index (κ3) is 2.64. The summed E-state index contributed by atoms with van der Waals surface area (Å²) in [6, 6.07) is 17.1. The van der Waals surface area contributed by atoms with Crippen molar-refractivity contribution in [2.45, 2.75) is 32.4 Å². The molecule has 5 nitrogen and oxygen atoms in total. The van der Waals surface area contributed by atoms with Gasteiger partial charge in [0.15, 0.2) is 0 Å². The van der Waals surface area contributed by atoms with Crippen LogP contribution in [0.5, 0.6) is 0 Å². The van der Waals surface area contributed by atoms with Crippen LogP contribution >= 0.6 is 0 Å². The Labute approximate surface area is 152 Å². The molecular weight excluding hydrogens is 324 g/mol. The molecule has 2 aromatic carbocycles. The van der Waals surface area contributed by atoms with Crippen LogP contribution in [0.4, 0.5) is 0 Å². The minimum Gasteiger partial charge on any atom is -0.328 e. The summed E-state index contributed by atoms with van der Waals surface area (Å²) in [6.07, 6.45) is 1.87. The van der Waals surface area contributed by atoms with E-state index in [1.165, 1.54) is 0 Å². The molecule has 26 heavy (non-hydrogen) atoms. The van der Waals surface area contributed by atoms with E-state index in [9.17, 15) is 4.79 Å². The predicted molar refractivity (Wildman–Crippen MR) is 99.6 cm³/mol. The second kappa shape index (κ2) is 6.64. The molecule has 0 saturated carbocycles. The third-order valence-electron chi connectivity index (χ3n) is 5.05. The van der Waals surface area contributed by atoms with Gasteiger partial charge in [0, 0.05) is 18.7 Å². The van der Waals surface area contributed by atoms with Crippen molar-refractivity contribution < 1.29 is 4.79 Å². The number of carbonyl (C=O) groups is 1. The molecule has 1 aliphatic heterocycles. The van der Waals surface area contributed by atoms with E-state index in [2.05, 4.69) is 23.6 Å². The Morgan fingerprint density at radius 3 is 2.92 bits per heavy atom. The molecule has 5 heteroatoms. The number of amides is 1. The van der Waals surface area contributed by atoms with Gasteiger partial charge in [-0.1, -0.05) is 18.2 Å². The van der Waals surface area contributed by atoms with Crippen LogP contribution in [-0.2, 0) is 6.54 Å². The van der Waals surface area contributed by atoms with Gasteiger partial charge in [-0.2, -0.15) is 5.26 Å². The zero-order valence-corrected chi connectivity index (χ0v) is 14.7. The number of hydrogen-bond acceptors (Lipinski definition) is 3. The SMILES string of the molecule is CCn1c([C@H]2CCCN2C(=O)c2cccc(C#N)c2)nc2ccccc21. The summed E-state index contributed by atoms with van der Waals surface area (Å²) < 4.78 is 2.21. The summed E-state index contributed by atoms with van der Waals surface area (Å²) in [5.74, 6) is 0.926. The van der Waals surface area contributed by atoms with Crippen LogP contribution in [0.1, 0.15) is 47.6 Å².